The highest BCUT2D eigenvalue weighted by atomic mass is 16.5. The molecule has 1 saturated heterocycles. The summed E-state index contributed by atoms with van der Waals surface area (Å²) in [6, 6.07) is 11.6. The van der Waals surface area contributed by atoms with E-state index >= 15 is 0 Å². The third-order valence-electron chi connectivity index (χ3n) is 9.47. The minimum absolute atomic E-state index is 0.163. The largest absolute Gasteiger partial charge is 0.395 e. The first-order valence-corrected chi connectivity index (χ1v) is 17.6. The van der Waals surface area contributed by atoms with E-state index in [0.717, 1.165) is 23.4 Å². The first-order valence-electron chi connectivity index (χ1n) is 17.6. The van der Waals surface area contributed by atoms with Gasteiger partial charge >= 0.3 is 0 Å². The summed E-state index contributed by atoms with van der Waals surface area (Å²) in [5.74, 6) is -0.818. The van der Waals surface area contributed by atoms with Crippen LogP contribution in [0.5, 0.6) is 0 Å². The highest BCUT2D eigenvalue weighted by Crippen LogP contribution is 2.39. The number of fused-ring (bicyclic) bond motifs is 1. The van der Waals surface area contributed by atoms with E-state index in [9.17, 15) is 19.8 Å². The average Bonchev–Trinajstić information content (AvgIpc) is 3.49. The normalized spacial score (nSPS) is 19.0. The van der Waals surface area contributed by atoms with Crippen molar-refractivity contribution in [2.75, 3.05) is 61.5 Å². The first kappa shape index (κ1) is 37.9. The number of anilines is 5. The van der Waals surface area contributed by atoms with Gasteiger partial charge in [0, 0.05) is 56.0 Å². The van der Waals surface area contributed by atoms with Crippen LogP contribution in [0.3, 0.4) is 0 Å². The molecule has 5 rings (SSSR count). The molecule has 7 N–H and O–H groups in total. The van der Waals surface area contributed by atoms with Gasteiger partial charge in [0.1, 0.15) is 28.7 Å². The van der Waals surface area contributed by atoms with Gasteiger partial charge in [-0.1, -0.05) is 31.7 Å². The molecule has 1 aliphatic carbocycles. The molecule has 1 fully saturated rings. The first-order chi connectivity index (χ1) is 25.1. The van der Waals surface area contributed by atoms with Crippen LogP contribution in [0.25, 0.3) is 0 Å². The predicted molar refractivity (Wildman–Crippen MR) is 202 cm³/mol. The Hall–Kier alpha value is -5.31. The number of nitrogens with zero attached hydrogens (tertiary/aromatic N) is 5. The highest BCUT2D eigenvalue weighted by molar-refractivity contribution is 5.99. The number of carbonyl (C=O) groups is 2. The molecule has 1 unspecified atom stereocenters. The lowest BCUT2D eigenvalue weighted by molar-refractivity contribution is -0.122. The molecule has 0 bridgehead atoms. The van der Waals surface area contributed by atoms with Crippen molar-refractivity contribution in [1.29, 1.82) is 0 Å². The Morgan fingerprint density at radius 2 is 1.96 bits per heavy atom. The summed E-state index contributed by atoms with van der Waals surface area (Å²) >= 11 is 0. The Labute approximate surface area is 304 Å². The van der Waals surface area contributed by atoms with E-state index in [1.807, 2.05) is 55.1 Å². The number of carbonyl (C=O) groups excluding carboxylic acids is 2. The molecule has 14 heteroatoms. The number of primary amides is 1. The van der Waals surface area contributed by atoms with Gasteiger partial charge in [-0.3, -0.25) is 9.59 Å². The van der Waals surface area contributed by atoms with E-state index in [1.165, 1.54) is 6.20 Å². The summed E-state index contributed by atoms with van der Waals surface area (Å²) in [6.45, 7) is 14.2. The van der Waals surface area contributed by atoms with Crippen LogP contribution in [-0.4, -0.2) is 93.9 Å². The average molecular weight is 712 g/mol. The van der Waals surface area contributed by atoms with Crippen molar-refractivity contribution in [3.63, 3.8) is 0 Å². The molecule has 1 aliphatic heterocycles. The van der Waals surface area contributed by atoms with Crippen LogP contribution >= 0.6 is 0 Å². The van der Waals surface area contributed by atoms with Gasteiger partial charge in [-0.15, -0.1) is 6.58 Å². The summed E-state index contributed by atoms with van der Waals surface area (Å²) in [4.78, 5) is 43.1. The number of ether oxygens (including phenoxy) is 1. The zero-order chi connectivity index (χ0) is 37.3. The maximum absolute atomic E-state index is 13.0. The molecular weight excluding hydrogens is 662 g/mol. The van der Waals surface area contributed by atoms with Gasteiger partial charge < -0.3 is 46.4 Å². The van der Waals surface area contributed by atoms with Crippen molar-refractivity contribution in [2.45, 2.75) is 44.8 Å². The van der Waals surface area contributed by atoms with Crippen LogP contribution in [-0.2, 0) is 21.6 Å². The van der Waals surface area contributed by atoms with Crippen LogP contribution in [0.1, 0.15) is 48.3 Å². The maximum atomic E-state index is 13.0. The zero-order valence-corrected chi connectivity index (χ0v) is 29.8. The number of rotatable bonds is 17. The number of nitrogens with two attached hydrogens (primary N) is 1. The van der Waals surface area contributed by atoms with E-state index in [4.69, 9.17) is 15.5 Å². The Morgan fingerprint density at radius 3 is 2.63 bits per heavy atom. The predicted octanol–water partition coefficient (Wildman–Crippen LogP) is 3.51. The lowest BCUT2D eigenvalue weighted by atomic mass is 9.98. The Kier molecular flexibility index (Phi) is 12.6. The van der Waals surface area contributed by atoms with Gasteiger partial charge in [0.25, 0.3) is 5.91 Å². The number of hydrogen-bond donors (Lipinski definition) is 6. The van der Waals surface area contributed by atoms with Crippen molar-refractivity contribution >= 4 is 40.8 Å². The Balaban J connectivity index is 1.30. The fourth-order valence-corrected chi connectivity index (χ4v) is 6.56. The summed E-state index contributed by atoms with van der Waals surface area (Å²) in [7, 11) is 0. The van der Waals surface area contributed by atoms with Crippen molar-refractivity contribution in [3.8, 4) is 0 Å². The van der Waals surface area contributed by atoms with Crippen LogP contribution in [0.15, 0.2) is 79.7 Å². The molecule has 0 saturated carbocycles. The number of aliphatic hydroxyl groups is 2. The molecule has 276 valence electrons. The SMILES string of the molecule is C=C/C=C(/C(CO)C(N)=O)N(CC)C[C@@H]1CN(c2ccc(Nc3ncc(C(=O)NCC=C)c(Nc4ccc5c(n4)[C@@](O)(CC)CC5)n3)cc2)CCO1. The van der Waals surface area contributed by atoms with Gasteiger partial charge in [-0.05, 0) is 68.2 Å². The van der Waals surface area contributed by atoms with Gasteiger partial charge in [-0.25, -0.2) is 9.97 Å². The van der Waals surface area contributed by atoms with Gasteiger partial charge in [-0.2, -0.15) is 4.98 Å². The molecule has 1 aromatic carbocycles. The minimum atomic E-state index is -0.984. The van der Waals surface area contributed by atoms with Crippen molar-refractivity contribution in [1.82, 2.24) is 25.2 Å². The molecule has 2 aromatic heterocycles. The zero-order valence-electron chi connectivity index (χ0n) is 29.8. The molecule has 3 aromatic rings. The number of benzene rings is 1. The number of hydrogen-bond acceptors (Lipinski definition) is 12. The standard InChI is InChI=1S/C38H49N9O5/c1-5-9-31(30(24-48)34(39)49)46(8-4)22-28-23-47(19-20-52-28)27-13-11-26(12-14-27)42-37-41-21-29(36(50)40-18-6-2)35(45-37)44-32-15-10-25-16-17-38(51,7-3)33(25)43-32/h5-6,9-15,21,28,30,48,51H,1-2,7-8,16-20,22-24H2,3-4H3,(H2,39,49)(H,40,50)(H2,41,42,43,44,45)/b31-9-/t28-,30?,38-/m1/s1. The number of amides is 2. The number of nitrogens with one attached hydrogen (secondary N) is 3. The molecule has 2 aliphatic rings. The van der Waals surface area contributed by atoms with Gasteiger partial charge in [0.2, 0.25) is 11.9 Å². The summed E-state index contributed by atoms with van der Waals surface area (Å²) in [6.07, 6.45) is 8.11. The third kappa shape index (κ3) is 8.76. The Morgan fingerprint density at radius 1 is 1.17 bits per heavy atom. The molecule has 0 spiro atoms. The van der Waals surface area contributed by atoms with Crippen LogP contribution < -0.4 is 26.6 Å². The van der Waals surface area contributed by atoms with Crippen LogP contribution in [0.2, 0.25) is 0 Å². The van der Waals surface area contributed by atoms with Crippen molar-refractivity contribution in [3.05, 3.63) is 96.5 Å². The molecule has 3 atom stereocenters. The smallest absolute Gasteiger partial charge is 0.256 e. The number of aryl methyl sites for hydroxylation is 1. The number of pyridine rings is 1. The van der Waals surface area contributed by atoms with Crippen molar-refractivity contribution in [2.24, 2.45) is 11.7 Å². The van der Waals surface area contributed by atoms with E-state index in [2.05, 4.69) is 44.0 Å². The number of aliphatic hydroxyl groups excluding tert-OH is 1. The summed E-state index contributed by atoms with van der Waals surface area (Å²) < 4.78 is 6.11. The second-order valence-electron chi connectivity index (χ2n) is 12.8. The minimum Gasteiger partial charge on any atom is -0.395 e. The summed E-state index contributed by atoms with van der Waals surface area (Å²) in [5, 5.41) is 30.1. The van der Waals surface area contributed by atoms with Crippen molar-refractivity contribution < 1.29 is 24.5 Å². The van der Waals surface area contributed by atoms with E-state index < -0.39 is 24.0 Å². The molecular formula is C38H49N9O5. The van der Waals surface area contributed by atoms with E-state index in [-0.39, 0.29) is 35.9 Å². The number of aromatic nitrogens is 3. The number of likely N-dealkylation sites (N-methyl/N-ethyl adjacent to an activating group) is 1. The third-order valence-corrected chi connectivity index (χ3v) is 9.47. The summed E-state index contributed by atoms with van der Waals surface area (Å²) in [5.41, 5.74) is 8.83. The van der Waals surface area contributed by atoms with Gasteiger partial charge in [0.05, 0.1) is 25.0 Å². The van der Waals surface area contributed by atoms with E-state index in [0.29, 0.717) is 62.8 Å². The number of morpholine rings is 1. The molecule has 0 radical (unpaired) electrons. The maximum Gasteiger partial charge on any atom is 0.256 e. The highest BCUT2D eigenvalue weighted by Gasteiger charge is 2.37. The lowest BCUT2D eigenvalue weighted by Crippen LogP contribution is -2.48. The van der Waals surface area contributed by atoms with E-state index in [1.54, 1.807) is 18.2 Å². The molecule has 14 nitrogen and oxygen atoms in total. The quantitative estimate of drug-likeness (QED) is 0.0884. The molecule has 2 amide bonds. The fraction of sp³-hybridized carbons (Fsp3) is 0.395. The number of allylic oxidation sites excluding steroid dienone is 2. The second-order valence-corrected chi connectivity index (χ2v) is 12.8. The monoisotopic (exact) mass is 711 g/mol. The Bertz CT molecular complexity index is 1780. The van der Waals surface area contributed by atoms with Gasteiger partial charge in [0.15, 0.2) is 0 Å². The molecule has 52 heavy (non-hydrogen) atoms. The van der Waals surface area contributed by atoms with Crippen LogP contribution in [0.4, 0.5) is 29.0 Å². The second kappa shape index (κ2) is 17.3. The lowest BCUT2D eigenvalue weighted by Gasteiger charge is -2.38. The molecule has 3 heterocycles. The fourth-order valence-electron chi connectivity index (χ4n) is 6.56. The van der Waals surface area contributed by atoms with Crippen LogP contribution in [0, 0.1) is 5.92 Å². The topological polar surface area (TPSA) is 191 Å².